The summed E-state index contributed by atoms with van der Waals surface area (Å²) in [5, 5.41) is 3.13. The number of rotatable bonds is 6. The Balaban J connectivity index is 1.67. The van der Waals surface area contributed by atoms with Crippen LogP contribution in [0.25, 0.3) is 0 Å². The molecule has 1 fully saturated rings. The second-order valence-electron chi connectivity index (χ2n) is 8.32. The van der Waals surface area contributed by atoms with Crippen LogP contribution in [0.5, 0.6) is 0 Å². The van der Waals surface area contributed by atoms with Crippen LogP contribution in [-0.2, 0) is 10.0 Å². The van der Waals surface area contributed by atoms with Gasteiger partial charge in [0.05, 0.1) is 10.9 Å². The Kier molecular flexibility index (Phi) is 6.44. The van der Waals surface area contributed by atoms with Crippen LogP contribution in [0.2, 0.25) is 0 Å². The minimum absolute atomic E-state index is 0.168. The van der Waals surface area contributed by atoms with Gasteiger partial charge in [-0.15, -0.1) is 0 Å². The lowest BCUT2D eigenvalue weighted by molar-refractivity contribution is 0.0942. The fraction of sp³-hybridized carbons (Fsp3) is 0.269. The van der Waals surface area contributed by atoms with E-state index in [0.29, 0.717) is 18.7 Å². The minimum Gasteiger partial charge on any atom is -0.341 e. The molecule has 1 aliphatic rings. The Hall–Kier alpha value is -2.96. The molecule has 0 radical (unpaired) electrons. The molecule has 0 spiro atoms. The molecule has 3 aromatic rings. The first-order chi connectivity index (χ1) is 15.4. The normalized spacial score (nSPS) is 15.4. The number of carbonyl (C=O) groups is 1. The average Bonchev–Trinajstić information content (AvgIpc) is 3.35. The topological polar surface area (TPSA) is 66.5 Å². The van der Waals surface area contributed by atoms with Gasteiger partial charge in [0.15, 0.2) is 0 Å². The van der Waals surface area contributed by atoms with E-state index in [-0.39, 0.29) is 16.8 Å². The van der Waals surface area contributed by atoms with E-state index in [4.69, 9.17) is 0 Å². The van der Waals surface area contributed by atoms with Gasteiger partial charge in [0.25, 0.3) is 5.91 Å². The van der Waals surface area contributed by atoms with Crippen molar-refractivity contribution in [1.29, 1.82) is 0 Å². The van der Waals surface area contributed by atoms with Crippen molar-refractivity contribution in [3.05, 3.63) is 101 Å². The molecule has 32 heavy (non-hydrogen) atoms. The van der Waals surface area contributed by atoms with Crippen molar-refractivity contribution in [3.63, 3.8) is 0 Å². The molecule has 1 heterocycles. The maximum atomic E-state index is 13.4. The Morgan fingerprint density at radius 2 is 1.50 bits per heavy atom. The zero-order valence-corrected chi connectivity index (χ0v) is 19.2. The summed E-state index contributed by atoms with van der Waals surface area (Å²) in [5.41, 5.74) is 4.18. The molecule has 0 saturated carbocycles. The molecular weight excluding hydrogens is 420 g/mol. The van der Waals surface area contributed by atoms with E-state index in [9.17, 15) is 13.2 Å². The Morgan fingerprint density at radius 1 is 0.875 bits per heavy atom. The summed E-state index contributed by atoms with van der Waals surface area (Å²) >= 11 is 0. The summed E-state index contributed by atoms with van der Waals surface area (Å²) in [6.07, 6.45) is 1.74. The fourth-order valence-electron chi connectivity index (χ4n) is 4.06. The third-order valence-corrected chi connectivity index (χ3v) is 7.87. The maximum Gasteiger partial charge on any atom is 0.252 e. The molecule has 1 unspecified atom stereocenters. The predicted octanol–water partition coefficient (Wildman–Crippen LogP) is 4.61. The van der Waals surface area contributed by atoms with Gasteiger partial charge in [-0.05, 0) is 55.5 Å². The molecule has 5 nitrogen and oxygen atoms in total. The lowest BCUT2D eigenvalue weighted by Gasteiger charge is -2.21. The smallest absolute Gasteiger partial charge is 0.252 e. The lowest BCUT2D eigenvalue weighted by atomic mass is 9.97. The van der Waals surface area contributed by atoms with E-state index >= 15 is 0 Å². The van der Waals surface area contributed by atoms with E-state index < -0.39 is 10.0 Å². The Morgan fingerprint density at radius 3 is 2.16 bits per heavy atom. The maximum absolute atomic E-state index is 13.4. The van der Waals surface area contributed by atoms with Crippen LogP contribution in [0.3, 0.4) is 0 Å². The summed E-state index contributed by atoms with van der Waals surface area (Å²) < 4.78 is 27.5. The number of nitrogens with one attached hydrogen (secondary N) is 1. The Labute approximate surface area is 190 Å². The summed E-state index contributed by atoms with van der Waals surface area (Å²) in [7, 11) is -3.60. The second kappa shape index (κ2) is 9.27. The van der Waals surface area contributed by atoms with Gasteiger partial charge in [0, 0.05) is 18.7 Å². The SMILES string of the molecule is Cc1ccc(C(NC(=O)c2cc(S(=O)(=O)N3CCCC3)ccc2C)c2ccccc2)cc1. The van der Waals surface area contributed by atoms with Crippen molar-refractivity contribution < 1.29 is 13.2 Å². The van der Waals surface area contributed by atoms with Gasteiger partial charge in [-0.25, -0.2) is 8.42 Å². The first-order valence-corrected chi connectivity index (χ1v) is 12.3. The quantitative estimate of drug-likeness (QED) is 0.599. The van der Waals surface area contributed by atoms with E-state index in [1.54, 1.807) is 12.1 Å². The van der Waals surface area contributed by atoms with Gasteiger partial charge < -0.3 is 5.32 Å². The van der Waals surface area contributed by atoms with Crippen LogP contribution in [0.4, 0.5) is 0 Å². The van der Waals surface area contributed by atoms with Crippen molar-refractivity contribution in [1.82, 2.24) is 9.62 Å². The number of hydrogen-bond donors (Lipinski definition) is 1. The van der Waals surface area contributed by atoms with Gasteiger partial charge in [-0.2, -0.15) is 4.31 Å². The van der Waals surface area contributed by atoms with Crippen LogP contribution in [0, 0.1) is 13.8 Å². The zero-order valence-electron chi connectivity index (χ0n) is 18.4. The highest BCUT2D eigenvalue weighted by Crippen LogP contribution is 2.26. The summed E-state index contributed by atoms with van der Waals surface area (Å²) in [6.45, 7) is 4.91. The molecule has 0 aliphatic carbocycles. The summed E-state index contributed by atoms with van der Waals surface area (Å²) in [6, 6.07) is 22.3. The number of carbonyl (C=O) groups excluding carboxylic acids is 1. The number of sulfonamides is 1. The highest BCUT2D eigenvalue weighted by atomic mass is 32.2. The third-order valence-electron chi connectivity index (χ3n) is 5.98. The predicted molar refractivity (Wildman–Crippen MR) is 126 cm³/mol. The molecule has 166 valence electrons. The number of nitrogens with zero attached hydrogens (tertiary/aromatic N) is 1. The van der Waals surface area contributed by atoms with Crippen molar-refractivity contribution in [2.45, 2.75) is 37.6 Å². The molecule has 6 heteroatoms. The number of aryl methyl sites for hydroxylation is 2. The summed E-state index contributed by atoms with van der Waals surface area (Å²) in [4.78, 5) is 13.5. The van der Waals surface area contributed by atoms with Gasteiger partial charge in [0.1, 0.15) is 0 Å². The van der Waals surface area contributed by atoms with Gasteiger partial charge in [-0.3, -0.25) is 4.79 Å². The van der Waals surface area contributed by atoms with E-state index in [0.717, 1.165) is 35.1 Å². The molecule has 1 saturated heterocycles. The van der Waals surface area contributed by atoms with E-state index in [2.05, 4.69) is 5.32 Å². The van der Waals surface area contributed by atoms with Gasteiger partial charge in [0.2, 0.25) is 10.0 Å². The number of amides is 1. The van der Waals surface area contributed by atoms with Gasteiger partial charge >= 0.3 is 0 Å². The largest absolute Gasteiger partial charge is 0.341 e. The first-order valence-electron chi connectivity index (χ1n) is 10.9. The summed E-state index contributed by atoms with van der Waals surface area (Å²) in [5.74, 6) is -0.296. The van der Waals surface area contributed by atoms with Crippen molar-refractivity contribution >= 4 is 15.9 Å². The van der Waals surface area contributed by atoms with Gasteiger partial charge in [-0.1, -0.05) is 66.2 Å². The van der Waals surface area contributed by atoms with Crippen LogP contribution in [0.15, 0.2) is 77.7 Å². The monoisotopic (exact) mass is 448 g/mol. The van der Waals surface area contributed by atoms with Crippen LogP contribution in [-0.4, -0.2) is 31.7 Å². The standard InChI is InChI=1S/C26H28N2O3S/c1-19-10-13-22(14-11-19)25(21-8-4-3-5-9-21)27-26(29)24-18-23(15-12-20(24)2)32(30,31)28-16-6-7-17-28/h3-5,8-15,18,25H,6-7,16-17H2,1-2H3,(H,27,29). The molecule has 1 aliphatic heterocycles. The molecule has 0 aromatic heterocycles. The highest BCUT2D eigenvalue weighted by Gasteiger charge is 2.28. The molecular formula is C26H28N2O3S. The average molecular weight is 449 g/mol. The fourth-order valence-corrected chi connectivity index (χ4v) is 5.60. The third kappa shape index (κ3) is 4.61. The van der Waals surface area contributed by atoms with E-state index in [1.165, 1.54) is 10.4 Å². The van der Waals surface area contributed by atoms with Crippen molar-refractivity contribution in [3.8, 4) is 0 Å². The Bertz CT molecular complexity index is 1200. The van der Waals surface area contributed by atoms with E-state index in [1.807, 2.05) is 68.4 Å². The van der Waals surface area contributed by atoms with Crippen molar-refractivity contribution in [2.75, 3.05) is 13.1 Å². The van der Waals surface area contributed by atoms with Crippen LogP contribution >= 0.6 is 0 Å². The van der Waals surface area contributed by atoms with Crippen LogP contribution < -0.4 is 5.32 Å². The lowest BCUT2D eigenvalue weighted by Crippen LogP contribution is -2.31. The molecule has 3 aromatic carbocycles. The second-order valence-corrected chi connectivity index (χ2v) is 10.3. The molecule has 1 amide bonds. The molecule has 4 rings (SSSR count). The zero-order chi connectivity index (χ0) is 22.7. The number of hydrogen-bond acceptors (Lipinski definition) is 3. The first kappa shape index (κ1) is 22.2. The molecule has 1 N–H and O–H groups in total. The molecule has 1 atom stereocenters. The highest BCUT2D eigenvalue weighted by molar-refractivity contribution is 7.89. The molecule has 0 bridgehead atoms. The number of benzene rings is 3. The van der Waals surface area contributed by atoms with Crippen molar-refractivity contribution in [2.24, 2.45) is 0 Å². The minimum atomic E-state index is -3.60. The van der Waals surface area contributed by atoms with Crippen LogP contribution in [0.1, 0.15) is 51.5 Å².